The van der Waals surface area contributed by atoms with Crippen LogP contribution in [-0.4, -0.2) is 30.2 Å². The second-order valence-corrected chi connectivity index (χ2v) is 4.58. The Hall–Kier alpha value is -1.47. The van der Waals surface area contributed by atoms with E-state index in [4.69, 9.17) is 9.47 Å². The van der Waals surface area contributed by atoms with E-state index in [9.17, 15) is 14.9 Å². The molecule has 1 aromatic carbocycles. The Kier molecular flexibility index (Phi) is 3.93. The van der Waals surface area contributed by atoms with Gasteiger partial charge >= 0.3 is 5.97 Å². The van der Waals surface area contributed by atoms with Gasteiger partial charge in [0.2, 0.25) is 0 Å². The van der Waals surface area contributed by atoms with Crippen LogP contribution in [0.4, 0.5) is 5.69 Å². The summed E-state index contributed by atoms with van der Waals surface area (Å²) in [6, 6.07) is 4.25. The highest BCUT2D eigenvalue weighted by atomic mass is 79.9. The first-order valence-electron chi connectivity index (χ1n) is 5.31. The molecule has 6 nitrogen and oxygen atoms in total. The SMILES string of the molecule is O=C(OC1CCOC1)c1cccc([N+](=O)[O-])c1Br. The second kappa shape index (κ2) is 5.45. The molecule has 1 heterocycles. The summed E-state index contributed by atoms with van der Waals surface area (Å²) in [5.74, 6) is -0.582. The molecule has 0 spiro atoms. The Morgan fingerprint density at radius 2 is 2.33 bits per heavy atom. The minimum absolute atomic E-state index is 0.138. The second-order valence-electron chi connectivity index (χ2n) is 3.79. The molecule has 96 valence electrons. The monoisotopic (exact) mass is 315 g/mol. The van der Waals surface area contributed by atoms with Crippen molar-refractivity contribution in [3.05, 3.63) is 38.3 Å². The Labute approximate surface area is 111 Å². The van der Waals surface area contributed by atoms with Gasteiger partial charge in [0.15, 0.2) is 0 Å². The molecule has 1 aromatic rings. The Bertz CT molecular complexity index is 484. The third kappa shape index (κ3) is 2.68. The number of nitro benzene ring substituents is 1. The summed E-state index contributed by atoms with van der Waals surface area (Å²) < 4.78 is 10.4. The molecule has 1 saturated heterocycles. The molecule has 0 bridgehead atoms. The van der Waals surface area contributed by atoms with E-state index in [-0.39, 0.29) is 21.8 Å². The fourth-order valence-corrected chi connectivity index (χ4v) is 2.21. The first-order valence-corrected chi connectivity index (χ1v) is 6.10. The van der Waals surface area contributed by atoms with E-state index in [0.717, 1.165) is 0 Å². The number of hydrogen-bond acceptors (Lipinski definition) is 5. The standard InChI is InChI=1S/C11H10BrNO5/c12-10-8(2-1-3-9(10)13(15)16)11(14)18-7-4-5-17-6-7/h1-3,7H,4-6H2. The Balaban J connectivity index is 2.19. The van der Waals surface area contributed by atoms with Crippen molar-refractivity contribution in [1.29, 1.82) is 0 Å². The van der Waals surface area contributed by atoms with Crippen LogP contribution < -0.4 is 0 Å². The predicted octanol–water partition coefficient (Wildman–Crippen LogP) is 2.30. The van der Waals surface area contributed by atoms with Crippen molar-refractivity contribution in [2.45, 2.75) is 12.5 Å². The van der Waals surface area contributed by atoms with Crippen LogP contribution >= 0.6 is 15.9 Å². The van der Waals surface area contributed by atoms with Gasteiger partial charge in [-0.3, -0.25) is 10.1 Å². The molecule has 2 rings (SSSR count). The molecule has 0 N–H and O–H groups in total. The summed E-state index contributed by atoms with van der Waals surface area (Å²) in [6.45, 7) is 0.937. The molecule has 0 amide bonds. The minimum Gasteiger partial charge on any atom is -0.456 e. The average molecular weight is 316 g/mol. The lowest BCUT2D eigenvalue weighted by atomic mass is 10.2. The lowest BCUT2D eigenvalue weighted by molar-refractivity contribution is -0.385. The van der Waals surface area contributed by atoms with E-state index in [1.165, 1.54) is 18.2 Å². The van der Waals surface area contributed by atoms with Gasteiger partial charge in [-0.2, -0.15) is 0 Å². The lowest BCUT2D eigenvalue weighted by Gasteiger charge is -2.10. The number of carbonyl (C=O) groups is 1. The maximum atomic E-state index is 11.9. The normalized spacial score (nSPS) is 18.6. The van der Waals surface area contributed by atoms with Crippen molar-refractivity contribution >= 4 is 27.6 Å². The zero-order valence-electron chi connectivity index (χ0n) is 9.30. The third-order valence-corrected chi connectivity index (χ3v) is 3.39. The number of benzene rings is 1. The van der Waals surface area contributed by atoms with E-state index in [1.54, 1.807) is 0 Å². The third-order valence-electron chi connectivity index (χ3n) is 2.56. The molecule has 18 heavy (non-hydrogen) atoms. The maximum Gasteiger partial charge on any atom is 0.339 e. The number of ether oxygens (including phenoxy) is 2. The van der Waals surface area contributed by atoms with E-state index >= 15 is 0 Å². The quantitative estimate of drug-likeness (QED) is 0.486. The van der Waals surface area contributed by atoms with Gasteiger partial charge in [-0.15, -0.1) is 0 Å². The number of nitro groups is 1. The van der Waals surface area contributed by atoms with E-state index in [0.29, 0.717) is 19.6 Å². The summed E-state index contributed by atoms with van der Waals surface area (Å²) in [5, 5.41) is 10.7. The lowest BCUT2D eigenvalue weighted by Crippen LogP contribution is -2.18. The fourth-order valence-electron chi connectivity index (χ4n) is 1.64. The van der Waals surface area contributed by atoms with Crippen molar-refractivity contribution in [2.24, 2.45) is 0 Å². The molecule has 0 aliphatic carbocycles. The molecule has 1 atom stereocenters. The van der Waals surface area contributed by atoms with Gasteiger partial charge in [-0.1, -0.05) is 6.07 Å². The van der Waals surface area contributed by atoms with Crippen LogP contribution in [-0.2, 0) is 9.47 Å². The molecular weight excluding hydrogens is 306 g/mol. The number of halogens is 1. The summed E-state index contributed by atoms with van der Waals surface area (Å²) >= 11 is 3.06. The van der Waals surface area contributed by atoms with Gasteiger partial charge in [0.25, 0.3) is 5.69 Å². The first-order chi connectivity index (χ1) is 8.59. The highest BCUT2D eigenvalue weighted by Crippen LogP contribution is 2.29. The highest BCUT2D eigenvalue weighted by molar-refractivity contribution is 9.10. The average Bonchev–Trinajstić information content (AvgIpc) is 2.81. The Morgan fingerprint density at radius 3 is 2.94 bits per heavy atom. The fraction of sp³-hybridized carbons (Fsp3) is 0.364. The molecule has 7 heteroatoms. The van der Waals surface area contributed by atoms with Crippen molar-refractivity contribution in [3.63, 3.8) is 0 Å². The van der Waals surface area contributed by atoms with Crippen LogP contribution in [0.3, 0.4) is 0 Å². The molecule has 0 radical (unpaired) electrons. The van der Waals surface area contributed by atoms with Crippen LogP contribution in [0.15, 0.2) is 22.7 Å². The largest absolute Gasteiger partial charge is 0.456 e. The number of hydrogen-bond donors (Lipinski definition) is 0. The minimum atomic E-state index is -0.582. The zero-order chi connectivity index (χ0) is 13.1. The maximum absolute atomic E-state index is 11.9. The van der Waals surface area contributed by atoms with Crippen molar-refractivity contribution < 1.29 is 19.2 Å². The van der Waals surface area contributed by atoms with Gasteiger partial charge in [-0.25, -0.2) is 4.79 Å². The summed E-state index contributed by atoms with van der Waals surface area (Å²) in [7, 11) is 0. The summed E-state index contributed by atoms with van der Waals surface area (Å²) in [5.41, 5.74) is -0.0109. The van der Waals surface area contributed by atoms with E-state index < -0.39 is 10.9 Å². The van der Waals surface area contributed by atoms with Crippen LogP contribution in [0.1, 0.15) is 16.8 Å². The predicted molar refractivity (Wildman–Crippen MR) is 65.4 cm³/mol. The summed E-state index contributed by atoms with van der Waals surface area (Å²) in [6.07, 6.45) is 0.377. The molecule has 0 aromatic heterocycles. The number of carbonyl (C=O) groups excluding carboxylic acids is 1. The van der Waals surface area contributed by atoms with Crippen molar-refractivity contribution in [3.8, 4) is 0 Å². The molecule has 1 aliphatic heterocycles. The van der Waals surface area contributed by atoms with Gasteiger partial charge in [0.1, 0.15) is 10.6 Å². The summed E-state index contributed by atoms with van der Waals surface area (Å²) in [4.78, 5) is 22.1. The van der Waals surface area contributed by atoms with Crippen LogP contribution in [0.25, 0.3) is 0 Å². The smallest absolute Gasteiger partial charge is 0.339 e. The molecular formula is C11H10BrNO5. The molecule has 1 fully saturated rings. The Morgan fingerprint density at radius 1 is 1.56 bits per heavy atom. The van der Waals surface area contributed by atoms with Crippen LogP contribution in [0.5, 0.6) is 0 Å². The topological polar surface area (TPSA) is 78.7 Å². The number of rotatable bonds is 3. The highest BCUT2D eigenvalue weighted by Gasteiger charge is 2.25. The van der Waals surface area contributed by atoms with Gasteiger partial charge in [0.05, 0.1) is 23.7 Å². The van der Waals surface area contributed by atoms with Crippen molar-refractivity contribution in [1.82, 2.24) is 0 Å². The molecule has 1 aliphatic rings. The number of esters is 1. The van der Waals surface area contributed by atoms with E-state index in [2.05, 4.69) is 15.9 Å². The van der Waals surface area contributed by atoms with Gasteiger partial charge in [0, 0.05) is 12.5 Å². The van der Waals surface area contributed by atoms with Crippen LogP contribution in [0, 0.1) is 10.1 Å². The van der Waals surface area contributed by atoms with E-state index in [1.807, 2.05) is 0 Å². The van der Waals surface area contributed by atoms with Crippen LogP contribution in [0.2, 0.25) is 0 Å². The first kappa shape index (κ1) is 13.0. The van der Waals surface area contributed by atoms with Gasteiger partial charge < -0.3 is 9.47 Å². The molecule has 0 saturated carbocycles. The number of nitrogens with zero attached hydrogens (tertiary/aromatic N) is 1. The zero-order valence-corrected chi connectivity index (χ0v) is 10.9. The van der Waals surface area contributed by atoms with Gasteiger partial charge in [-0.05, 0) is 22.0 Å². The van der Waals surface area contributed by atoms with Crippen molar-refractivity contribution in [2.75, 3.05) is 13.2 Å². The molecule has 1 unspecified atom stereocenters.